The SMILES string of the molecule is OCc1nncn1CC(F)(F)F. The van der Waals surface area contributed by atoms with E-state index in [9.17, 15) is 13.2 Å². The maximum absolute atomic E-state index is 11.8. The molecule has 0 spiro atoms. The first-order chi connectivity index (χ1) is 5.53. The van der Waals surface area contributed by atoms with Crippen LogP contribution in [0.4, 0.5) is 13.2 Å². The summed E-state index contributed by atoms with van der Waals surface area (Å²) in [5.74, 6) is -0.0904. The van der Waals surface area contributed by atoms with E-state index >= 15 is 0 Å². The standard InChI is InChI=1S/C5H6F3N3O/c6-5(7,8)2-11-3-9-10-4(11)1-12/h3,12H,1-2H2. The molecule has 0 aliphatic heterocycles. The molecule has 0 amide bonds. The largest absolute Gasteiger partial charge is 0.406 e. The third kappa shape index (κ3) is 2.19. The molecule has 1 heterocycles. The monoisotopic (exact) mass is 181 g/mol. The molecule has 1 N–H and O–H groups in total. The molecular formula is C5H6F3N3O. The maximum atomic E-state index is 11.8. The lowest BCUT2D eigenvalue weighted by atomic mass is 10.5. The number of aromatic nitrogens is 3. The van der Waals surface area contributed by atoms with Crippen molar-refractivity contribution < 1.29 is 18.3 Å². The van der Waals surface area contributed by atoms with Gasteiger partial charge in [-0.05, 0) is 0 Å². The molecule has 0 unspecified atom stereocenters. The van der Waals surface area contributed by atoms with Crippen molar-refractivity contribution in [2.24, 2.45) is 0 Å². The van der Waals surface area contributed by atoms with Crippen molar-refractivity contribution in [3.63, 3.8) is 0 Å². The van der Waals surface area contributed by atoms with Crippen LogP contribution in [0.1, 0.15) is 5.82 Å². The third-order valence-electron chi connectivity index (χ3n) is 1.19. The summed E-state index contributed by atoms with van der Waals surface area (Å²) in [6.45, 7) is -1.72. The van der Waals surface area contributed by atoms with E-state index in [4.69, 9.17) is 5.11 Å². The minimum Gasteiger partial charge on any atom is -0.388 e. The maximum Gasteiger partial charge on any atom is 0.406 e. The number of rotatable bonds is 2. The zero-order chi connectivity index (χ0) is 9.19. The molecule has 0 saturated heterocycles. The second-order valence-corrected chi connectivity index (χ2v) is 2.15. The molecule has 0 aromatic carbocycles. The summed E-state index contributed by atoms with van der Waals surface area (Å²) in [7, 11) is 0. The average molecular weight is 181 g/mol. The first-order valence-electron chi connectivity index (χ1n) is 3.07. The highest BCUT2D eigenvalue weighted by Crippen LogP contribution is 2.17. The van der Waals surface area contributed by atoms with Crippen LogP contribution in [0.25, 0.3) is 0 Å². The van der Waals surface area contributed by atoms with Crippen LogP contribution in [0.2, 0.25) is 0 Å². The van der Waals surface area contributed by atoms with Gasteiger partial charge in [0, 0.05) is 0 Å². The molecule has 1 aromatic rings. The Hall–Kier alpha value is -1.11. The predicted molar refractivity (Wildman–Crippen MR) is 32.0 cm³/mol. The van der Waals surface area contributed by atoms with E-state index in [1.165, 1.54) is 0 Å². The topological polar surface area (TPSA) is 50.9 Å². The van der Waals surface area contributed by atoms with Crippen LogP contribution < -0.4 is 0 Å². The predicted octanol–water partition coefficient (Wildman–Crippen LogP) is 0.333. The van der Waals surface area contributed by atoms with Gasteiger partial charge in [0.15, 0.2) is 5.82 Å². The van der Waals surface area contributed by atoms with Gasteiger partial charge in [0.25, 0.3) is 0 Å². The summed E-state index contributed by atoms with van der Waals surface area (Å²) >= 11 is 0. The summed E-state index contributed by atoms with van der Waals surface area (Å²) in [6, 6.07) is 0. The summed E-state index contributed by atoms with van der Waals surface area (Å²) in [5.41, 5.74) is 0. The Balaban J connectivity index is 2.75. The van der Waals surface area contributed by atoms with Crippen LogP contribution in [0.15, 0.2) is 6.33 Å². The van der Waals surface area contributed by atoms with Crippen molar-refractivity contribution in [3.8, 4) is 0 Å². The van der Waals surface area contributed by atoms with Gasteiger partial charge in [0.05, 0.1) is 0 Å². The van der Waals surface area contributed by atoms with Crippen LogP contribution in [0, 0.1) is 0 Å². The van der Waals surface area contributed by atoms with Gasteiger partial charge >= 0.3 is 6.18 Å². The quantitative estimate of drug-likeness (QED) is 0.715. The van der Waals surface area contributed by atoms with Gasteiger partial charge in [0.1, 0.15) is 19.5 Å². The Labute approximate surface area is 65.6 Å². The number of nitrogens with zero attached hydrogens (tertiary/aromatic N) is 3. The third-order valence-corrected chi connectivity index (χ3v) is 1.19. The van der Waals surface area contributed by atoms with Crippen LogP contribution >= 0.6 is 0 Å². The van der Waals surface area contributed by atoms with E-state index in [0.717, 1.165) is 10.9 Å². The molecule has 0 aliphatic rings. The first kappa shape index (κ1) is 8.98. The fourth-order valence-electron chi connectivity index (χ4n) is 0.727. The van der Waals surface area contributed by atoms with Crippen LogP contribution in [-0.4, -0.2) is 26.0 Å². The average Bonchev–Trinajstić information content (AvgIpc) is 2.31. The number of hydrogen-bond donors (Lipinski definition) is 1. The number of alkyl halides is 3. The Kier molecular flexibility index (Phi) is 2.32. The Morgan fingerprint density at radius 3 is 2.67 bits per heavy atom. The normalized spacial score (nSPS) is 12.0. The van der Waals surface area contributed by atoms with Crippen molar-refractivity contribution >= 4 is 0 Å². The lowest BCUT2D eigenvalue weighted by molar-refractivity contribution is -0.141. The van der Waals surface area contributed by atoms with Gasteiger partial charge in [0.2, 0.25) is 0 Å². The van der Waals surface area contributed by atoms with E-state index in [-0.39, 0.29) is 5.82 Å². The van der Waals surface area contributed by atoms with Crippen LogP contribution in [-0.2, 0) is 13.2 Å². The van der Waals surface area contributed by atoms with Gasteiger partial charge in [-0.15, -0.1) is 10.2 Å². The number of aliphatic hydroxyl groups is 1. The molecule has 68 valence electrons. The van der Waals surface area contributed by atoms with Gasteiger partial charge in [-0.25, -0.2) is 0 Å². The van der Waals surface area contributed by atoms with E-state index in [1.54, 1.807) is 0 Å². The van der Waals surface area contributed by atoms with Crippen LogP contribution in [0.5, 0.6) is 0 Å². The Morgan fingerprint density at radius 1 is 1.50 bits per heavy atom. The molecule has 0 saturated carbocycles. The van der Waals surface area contributed by atoms with Crippen molar-refractivity contribution in [1.29, 1.82) is 0 Å². The molecule has 0 bridgehead atoms. The fraction of sp³-hybridized carbons (Fsp3) is 0.600. The molecule has 1 rings (SSSR count). The summed E-state index contributed by atoms with van der Waals surface area (Å²) in [5, 5.41) is 15.0. The minimum absolute atomic E-state index is 0.0904. The Morgan fingerprint density at radius 2 is 2.17 bits per heavy atom. The van der Waals surface area contributed by atoms with Crippen molar-refractivity contribution in [2.75, 3.05) is 0 Å². The van der Waals surface area contributed by atoms with Gasteiger partial charge in [-0.3, -0.25) is 0 Å². The van der Waals surface area contributed by atoms with Gasteiger partial charge < -0.3 is 9.67 Å². The molecule has 0 radical (unpaired) electrons. The lowest BCUT2D eigenvalue weighted by Gasteiger charge is -2.07. The fourth-order valence-corrected chi connectivity index (χ4v) is 0.727. The number of halogens is 3. The molecule has 0 fully saturated rings. The molecule has 4 nitrogen and oxygen atoms in total. The highest BCUT2D eigenvalue weighted by molar-refractivity contribution is 4.83. The van der Waals surface area contributed by atoms with E-state index < -0.39 is 19.3 Å². The van der Waals surface area contributed by atoms with E-state index in [1.807, 2.05) is 0 Å². The molecule has 0 atom stereocenters. The summed E-state index contributed by atoms with van der Waals surface area (Å²) in [4.78, 5) is 0. The zero-order valence-electron chi connectivity index (χ0n) is 5.91. The second-order valence-electron chi connectivity index (χ2n) is 2.15. The summed E-state index contributed by atoms with van der Waals surface area (Å²) in [6.07, 6.45) is -3.38. The smallest absolute Gasteiger partial charge is 0.388 e. The van der Waals surface area contributed by atoms with Crippen molar-refractivity contribution in [1.82, 2.24) is 14.8 Å². The van der Waals surface area contributed by atoms with Gasteiger partial charge in [-0.1, -0.05) is 0 Å². The molecule has 7 heteroatoms. The highest BCUT2D eigenvalue weighted by Gasteiger charge is 2.28. The van der Waals surface area contributed by atoms with E-state index in [2.05, 4.69) is 10.2 Å². The second kappa shape index (κ2) is 3.10. The van der Waals surface area contributed by atoms with E-state index in [0.29, 0.717) is 0 Å². The molecule has 0 aliphatic carbocycles. The molecule has 1 aromatic heterocycles. The first-order valence-corrected chi connectivity index (χ1v) is 3.07. The molecular weight excluding hydrogens is 175 g/mol. The number of hydrogen-bond acceptors (Lipinski definition) is 3. The Bertz CT molecular complexity index is 257. The van der Waals surface area contributed by atoms with Crippen molar-refractivity contribution in [3.05, 3.63) is 12.2 Å². The summed E-state index contributed by atoms with van der Waals surface area (Å²) < 4.78 is 36.1. The lowest BCUT2D eigenvalue weighted by Crippen LogP contribution is -2.18. The zero-order valence-corrected chi connectivity index (χ0v) is 5.91. The molecule has 12 heavy (non-hydrogen) atoms. The van der Waals surface area contributed by atoms with Crippen molar-refractivity contribution in [2.45, 2.75) is 19.3 Å². The minimum atomic E-state index is -4.31. The van der Waals surface area contributed by atoms with Crippen LogP contribution in [0.3, 0.4) is 0 Å². The number of aliphatic hydroxyl groups excluding tert-OH is 1. The van der Waals surface area contributed by atoms with Gasteiger partial charge in [-0.2, -0.15) is 13.2 Å². The highest BCUT2D eigenvalue weighted by atomic mass is 19.4.